The SMILES string of the molecule is CN(CC(=O)N1CCCCCC1)C1(CN)CCCCC1. The van der Waals surface area contributed by atoms with Gasteiger partial charge in [0.05, 0.1) is 6.54 Å². The molecule has 0 aromatic carbocycles. The molecular formula is C16H31N3O. The van der Waals surface area contributed by atoms with E-state index in [0.29, 0.717) is 19.0 Å². The Morgan fingerprint density at radius 3 is 2.15 bits per heavy atom. The largest absolute Gasteiger partial charge is 0.342 e. The van der Waals surface area contributed by atoms with E-state index in [0.717, 1.165) is 38.8 Å². The molecular weight excluding hydrogens is 250 g/mol. The van der Waals surface area contributed by atoms with Crippen LogP contribution in [0, 0.1) is 0 Å². The summed E-state index contributed by atoms with van der Waals surface area (Å²) >= 11 is 0. The Bertz CT molecular complexity index is 305. The summed E-state index contributed by atoms with van der Waals surface area (Å²) < 4.78 is 0. The van der Waals surface area contributed by atoms with Crippen LogP contribution in [0.5, 0.6) is 0 Å². The lowest BCUT2D eigenvalue weighted by Gasteiger charge is -2.44. The molecule has 0 aromatic rings. The first-order valence-corrected chi connectivity index (χ1v) is 8.37. The van der Waals surface area contributed by atoms with Crippen LogP contribution < -0.4 is 5.73 Å². The molecule has 0 unspecified atom stereocenters. The molecule has 0 radical (unpaired) electrons. The van der Waals surface area contributed by atoms with Gasteiger partial charge in [0.2, 0.25) is 5.91 Å². The maximum Gasteiger partial charge on any atom is 0.236 e. The van der Waals surface area contributed by atoms with Crippen LogP contribution in [0.25, 0.3) is 0 Å². The lowest BCUT2D eigenvalue weighted by molar-refractivity contribution is -0.133. The van der Waals surface area contributed by atoms with Gasteiger partial charge >= 0.3 is 0 Å². The maximum atomic E-state index is 12.5. The summed E-state index contributed by atoms with van der Waals surface area (Å²) in [6.45, 7) is 3.11. The number of nitrogens with two attached hydrogens (primary N) is 1. The highest BCUT2D eigenvalue weighted by atomic mass is 16.2. The predicted molar refractivity (Wildman–Crippen MR) is 82.5 cm³/mol. The summed E-state index contributed by atoms with van der Waals surface area (Å²) in [4.78, 5) is 16.8. The highest BCUT2D eigenvalue weighted by Crippen LogP contribution is 2.32. The predicted octanol–water partition coefficient (Wildman–Crippen LogP) is 1.98. The van der Waals surface area contributed by atoms with Crippen molar-refractivity contribution in [3.05, 3.63) is 0 Å². The van der Waals surface area contributed by atoms with Gasteiger partial charge in [0.15, 0.2) is 0 Å². The van der Waals surface area contributed by atoms with Crippen molar-refractivity contribution in [2.45, 2.75) is 63.3 Å². The smallest absolute Gasteiger partial charge is 0.236 e. The van der Waals surface area contributed by atoms with Crippen LogP contribution in [0.2, 0.25) is 0 Å². The van der Waals surface area contributed by atoms with Crippen molar-refractivity contribution in [3.8, 4) is 0 Å². The van der Waals surface area contributed by atoms with Crippen molar-refractivity contribution in [1.29, 1.82) is 0 Å². The summed E-state index contributed by atoms with van der Waals surface area (Å²) in [5, 5.41) is 0. The van der Waals surface area contributed by atoms with Gasteiger partial charge in [-0.15, -0.1) is 0 Å². The van der Waals surface area contributed by atoms with Gasteiger partial charge in [-0.3, -0.25) is 9.69 Å². The molecule has 1 saturated heterocycles. The van der Waals surface area contributed by atoms with Gasteiger partial charge in [0.1, 0.15) is 0 Å². The van der Waals surface area contributed by atoms with E-state index in [9.17, 15) is 4.79 Å². The Morgan fingerprint density at radius 2 is 1.60 bits per heavy atom. The number of nitrogens with zero attached hydrogens (tertiary/aromatic N) is 2. The molecule has 2 N–H and O–H groups in total. The zero-order valence-electron chi connectivity index (χ0n) is 13.1. The van der Waals surface area contributed by atoms with Gasteiger partial charge in [-0.1, -0.05) is 32.1 Å². The third-order valence-electron chi connectivity index (χ3n) is 5.31. The Balaban J connectivity index is 1.91. The molecule has 2 aliphatic rings. The van der Waals surface area contributed by atoms with Gasteiger partial charge < -0.3 is 10.6 Å². The molecule has 2 fully saturated rings. The molecule has 1 saturated carbocycles. The average Bonchev–Trinajstić information content (AvgIpc) is 2.77. The van der Waals surface area contributed by atoms with Crippen molar-refractivity contribution < 1.29 is 4.79 Å². The van der Waals surface area contributed by atoms with Crippen LogP contribution in [-0.4, -0.2) is 54.5 Å². The summed E-state index contributed by atoms with van der Waals surface area (Å²) in [7, 11) is 2.09. The lowest BCUT2D eigenvalue weighted by Crippen LogP contribution is -2.56. The Labute approximate surface area is 123 Å². The van der Waals surface area contributed by atoms with Crippen LogP contribution in [0.15, 0.2) is 0 Å². The number of rotatable bonds is 4. The van der Waals surface area contributed by atoms with E-state index >= 15 is 0 Å². The molecule has 4 nitrogen and oxygen atoms in total. The second-order valence-electron chi connectivity index (χ2n) is 6.64. The molecule has 116 valence electrons. The van der Waals surface area contributed by atoms with Gasteiger partial charge in [0, 0.05) is 25.2 Å². The first-order chi connectivity index (χ1) is 9.68. The Morgan fingerprint density at radius 1 is 1.05 bits per heavy atom. The van der Waals surface area contributed by atoms with Gasteiger partial charge in [-0.25, -0.2) is 0 Å². The molecule has 0 bridgehead atoms. The molecule has 0 atom stereocenters. The highest BCUT2D eigenvalue weighted by Gasteiger charge is 2.36. The van der Waals surface area contributed by atoms with Crippen molar-refractivity contribution in [1.82, 2.24) is 9.80 Å². The zero-order chi connectivity index (χ0) is 14.4. The summed E-state index contributed by atoms with van der Waals surface area (Å²) in [6, 6.07) is 0. The summed E-state index contributed by atoms with van der Waals surface area (Å²) in [6.07, 6.45) is 11.0. The fourth-order valence-electron chi connectivity index (χ4n) is 3.74. The number of likely N-dealkylation sites (N-methyl/N-ethyl adjacent to an activating group) is 1. The minimum Gasteiger partial charge on any atom is -0.342 e. The van der Waals surface area contributed by atoms with Crippen LogP contribution >= 0.6 is 0 Å². The average molecular weight is 281 g/mol. The number of likely N-dealkylation sites (tertiary alicyclic amines) is 1. The monoisotopic (exact) mass is 281 g/mol. The number of carbonyl (C=O) groups excluding carboxylic acids is 1. The first-order valence-electron chi connectivity index (χ1n) is 8.37. The number of carbonyl (C=O) groups is 1. The van der Waals surface area contributed by atoms with Crippen molar-refractivity contribution in [3.63, 3.8) is 0 Å². The Kier molecular flexibility index (Phi) is 5.85. The van der Waals surface area contributed by atoms with E-state index in [1.54, 1.807) is 0 Å². The van der Waals surface area contributed by atoms with E-state index in [2.05, 4.69) is 16.8 Å². The van der Waals surface area contributed by atoms with E-state index in [1.165, 1.54) is 32.1 Å². The van der Waals surface area contributed by atoms with Gasteiger partial charge in [-0.05, 0) is 32.7 Å². The summed E-state index contributed by atoms with van der Waals surface area (Å²) in [5.74, 6) is 0.299. The van der Waals surface area contributed by atoms with Gasteiger partial charge in [0.25, 0.3) is 0 Å². The quantitative estimate of drug-likeness (QED) is 0.857. The third kappa shape index (κ3) is 3.73. The van der Waals surface area contributed by atoms with Crippen LogP contribution in [-0.2, 0) is 4.79 Å². The summed E-state index contributed by atoms with van der Waals surface area (Å²) in [5.41, 5.74) is 6.12. The highest BCUT2D eigenvalue weighted by molar-refractivity contribution is 5.78. The van der Waals surface area contributed by atoms with Crippen molar-refractivity contribution in [2.24, 2.45) is 5.73 Å². The molecule has 1 aliphatic carbocycles. The molecule has 2 rings (SSSR count). The van der Waals surface area contributed by atoms with E-state index in [1.807, 2.05) is 0 Å². The normalized spacial score (nSPS) is 23.6. The van der Waals surface area contributed by atoms with Crippen LogP contribution in [0.3, 0.4) is 0 Å². The van der Waals surface area contributed by atoms with Crippen LogP contribution in [0.1, 0.15) is 57.8 Å². The topological polar surface area (TPSA) is 49.6 Å². The standard InChI is InChI=1S/C16H31N3O/c1-18(16(14-17)9-5-4-6-10-16)13-15(20)19-11-7-2-3-8-12-19/h2-14,17H2,1H3. The molecule has 4 heteroatoms. The molecule has 0 spiro atoms. The molecule has 1 aliphatic heterocycles. The fourth-order valence-corrected chi connectivity index (χ4v) is 3.74. The van der Waals surface area contributed by atoms with Crippen LogP contribution in [0.4, 0.5) is 0 Å². The number of hydrogen-bond donors (Lipinski definition) is 1. The molecule has 20 heavy (non-hydrogen) atoms. The Hall–Kier alpha value is -0.610. The molecule has 0 aromatic heterocycles. The number of hydrogen-bond acceptors (Lipinski definition) is 3. The van der Waals surface area contributed by atoms with Crippen molar-refractivity contribution >= 4 is 5.91 Å². The van der Waals surface area contributed by atoms with E-state index < -0.39 is 0 Å². The molecule has 1 amide bonds. The minimum absolute atomic E-state index is 0.0692. The second-order valence-corrected chi connectivity index (χ2v) is 6.64. The van der Waals surface area contributed by atoms with Crippen molar-refractivity contribution in [2.75, 3.05) is 33.2 Å². The maximum absolute atomic E-state index is 12.5. The molecule has 1 heterocycles. The van der Waals surface area contributed by atoms with Gasteiger partial charge in [-0.2, -0.15) is 0 Å². The second kappa shape index (κ2) is 7.41. The third-order valence-corrected chi connectivity index (χ3v) is 5.31. The minimum atomic E-state index is 0.0692. The first kappa shape index (κ1) is 15.8. The van der Waals surface area contributed by atoms with E-state index in [-0.39, 0.29) is 5.54 Å². The lowest BCUT2D eigenvalue weighted by atomic mass is 9.80. The number of amides is 1. The fraction of sp³-hybridized carbons (Fsp3) is 0.938. The zero-order valence-corrected chi connectivity index (χ0v) is 13.1. The van der Waals surface area contributed by atoms with E-state index in [4.69, 9.17) is 5.73 Å².